The molecule has 0 amide bonds. The third-order valence-corrected chi connectivity index (χ3v) is 7.70. The number of ketones is 1. The number of aromatic nitrogens is 1. The summed E-state index contributed by atoms with van der Waals surface area (Å²) in [6.45, 7) is 4.11. The van der Waals surface area contributed by atoms with Gasteiger partial charge in [0.25, 0.3) is 0 Å². The van der Waals surface area contributed by atoms with Gasteiger partial charge in [0.15, 0.2) is 5.78 Å². The average Bonchev–Trinajstić information content (AvgIpc) is 3.67. The molecule has 4 N–H and O–H groups in total. The minimum absolute atomic E-state index is 0.115. The Bertz CT molecular complexity index is 1260. The highest BCUT2D eigenvalue weighted by atomic mass is 35.5. The van der Waals surface area contributed by atoms with Crippen LogP contribution in [0.1, 0.15) is 68.3 Å². The maximum atomic E-state index is 13.2. The van der Waals surface area contributed by atoms with Crippen LogP contribution in [0.5, 0.6) is 5.75 Å². The lowest BCUT2D eigenvalue weighted by atomic mass is 9.81. The number of aromatic hydroxyl groups is 1. The molecule has 0 saturated heterocycles. The van der Waals surface area contributed by atoms with Crippen molar-refractivity contribution in [2.24, 2.45) is 11.7 Å². The standard InChI is InChI=1S/C28H32ClN3O2/c1-3-16-12-19(14-23(29)27(16)34)18-6-7-24-21(13-18)25(22(15-31-24)26(33)17-4-5-17)32-20-8-10-28(2,30)11-9-20/h6-7,12-15,17,20,34H,3-5,8-11,30H2,1-2H3,(H,31,32). The van der Waals surface area contributed by atoms with Gasteiger partial charge in [-0.2, -0.15) is 0 Å². The topological polar surface area (TPSA) is 88.2 Å². The van der Waals surface area contributed by atoms with Crippen molar-refractivity contribution in [3.63, 3.8) is 0 Å². The highest BCUT2D eigenvalue weighted by Gasteiger charge is 2.34. The molecule has 0 aliphatic heterocycles. The van der Waals surface area contributed by atoms with E-state index in [-0.39, 0.29) is 29.0 Å². The fourth-order valence-corrected chi connectivity index (χ4v) is 5.24. The number of phenolic OH excluding ortho intramolecular Hbond substituents is 1. The predicted molar refractivity (Wildman–Crippen MR) is 139 cm³/mol. The largest absolute Gasteiger partial charge is 0.506 e. The summed E-state index contributed by atoms with van der Waals surface area (Å²) in [5.74, 6) is 0.437. The third kappa shape index (κ3) is 4.51. The number of carbonyl (C=O) groups excluding carboxylic acids is 1. The smallest absolute Gasteiger partial charge is 0.169 e. The van der Waals surface area contributed by atoms with Gasteiger partial charge in [0.1, 0.15) is 5.75 Å². The first kappa shape index (κ1) is 23.1. The fraction of sp³-hybridized carbons (Fsp3) is 0.429. The van der Waals surface area contributed by atoms with Crippen LogP contribution < -0.4 is 11.1 Å². The number of fused-ring (bicyclic) bond motifs is 1. The highest BCUT2D eigenvalue weighted by molar-refractivity contribution is 6.32. The number of rotatable bonds is 6. The summed E-state index contributed by atoms with van der Waals surface area (Å²) in [4.78, 5) is 17.8. The average molecular weight is 478 g/mol. The van der Waals surface area contributed by atoms with E-state index in [1.807, 2.05) is 25.1 Å². The number of carbonyl (C=O) groups is 1. The molecule has 0 atom stereocenters. The van der Waals surface area contributed by atoms with Gasteiger partial charge in [0, 0.05) is 29.1 Å². The van der Waals surface area contributed by atoms with Crippen molar-refractivity contribution < 1.29 is 9.90 Å². The lowest BCUT2D eigenvalue weighted by Crippen LogP contribution is -2.43. The van der Waals surface area contributed by atoms with Gasteiger partial charge in [-0.1, -0.05) is 24.6 Å². The number of hydrogen-bond acceptors (Lipinski definition) is 5. The Labute approximate surface area is 205 Å². The van der Waals surface area contributed by atoms with Gasteiger partial charge in [-0.3, -0.25) is 9.78 Å². The second-order valence-electron chi connectivity index (χ2n) is 10.3. The van der Waals surface area contributed by atoms with Crippen LogP contribution in [0.15, 0.2) is 36.5 Å². The number of nitrogens with two attached hydrogens (primary N) is 1. The molecule has 1 heterocycles. The summed E-state index contributed by atoms with van der Waals surface area (Å²) in [6.07, 6.45) is 8.19. The molecule has 5 rings (SSSR count). The Morgan fingerprint density at radius 1 is 1.18 bits per heavy atom. The number of aryl methyl sites for hydroxylation is 1. The maximum Gasteiger partial charge on any atom is 0.169 e. The Balaban J connectivity index is 1.60. The molecule has 6 heteroatoms. The summed E-state index contributed by atoms with van der Waals surface area (Å²) in [5, 5.41) is 15.3. The van der Waals surface area contributed by atoms with Crippen LogP contribution in [-0.4, -0.2) is 27.5 Å². The molecule has 34 heavy (non-hydrogen) atoms. The zero-order valence-corrected chi connectivity index (χ0v) is 20.6. The van der Waals surface area contributed by atoms with Crippen molar-refractivity contribution in [1.82, 2.24) is 4.98 Å². The van der Waals surface area contributed by atoms with Crippen molar-refractivity contribution in [1.29, 1.82) is 0 Å². The molecule has 0 spiro atoms. The number of anilines is 1. The van der Waals surface area contributed by atoms with Crippen molar-refractivity contribution in [2.45, 2.75) is 70.4 Å². The second kappa shape index (κ2) is 8.86. The molecule has 1 aromatic heterocycles. The molecule has 178 valence electrons. The number of nitrogens with one attached hydrogen (secondary N) is 1. The van der Waals surface area contributed by atoms with Gasteiger partial charge in [-0.25, -0.2) is 0 Å². The van der Waals surface area contributed by atoms with E-state index in [0.29, 0.717) is 17.0 Å². The molecule has 2 saturated carbocycles. The SMILES string of the molecule is CCc1cc(-c2ccc3ncc(C(=O)C4CC4)c(NC4CCC(C)(N)CC4)c3c2)cc(Cl)c1O. The first-order valence-corrected chi connectivity index (χ1v) is 12.7. The van der Waals surface area contributed by atoms with Crippen LogP contribution in [0.2, 0.25) is 5.02 Å². The third-order valence-electron chi connectivity index (χ3n) is 7.41. The molecule has 3 aromatic rings. The van der Waals surface area contributed by atoms with E-state index < -0.39 is 0 Å². The second-order valence-corrected chi connectivity index (χ2v) is 10.7. The normalized spacial score (nSPS) is 22.6. The van der Waals surface area contributed by atoms with Crippen molar-refractivity contribution >= 4 is 34.0 Å². The van der Waals surface area contributed by atoms with Crippen LogP contribution in [0.4, 0.5) is 5.69 Å². The van der Waals surface area contributed by atoms with Gasteiger partial charge in [-0.15, -0.1) is 0 Å². The van der Waals surface area contributed by atoms with Crippen LogP contribution in [0, 0.1) is 5.92 Å². The molecule has 2 fully saturated rings. The van der Waals surface area contributed by atoms with Crippen molar-refractivity contribution in [3.05, 3.63) is 52.7 Å². The number of Topliss-reactive ketones (excluding diaryl/α,β-unsaturated/α-hetero) is 1. The van der Waals surface area contributed by atoms with Crippen LogP contribution in [0.25, 0.3) is 22.0 Å². The summed E-state index contributed by atoms with van der Waals surface area (Å²) >= 11 is 6.33. The summed E-state index contributed by atoms with van der Waals surface area (Å²) in [7, 11) is 0. The number of hydrogen-bond donors (Lipinski definition) is 3. The van der Waals surface area contributed by atoms with Gasteiger partial charge in [0.2, 0.25) is 0 Å². The summed E-state index contributed by atoms with van der Waals surface area (Å²) < 4.78 is 0. The van der Waals surface area contributed by atoms with E-state index in [1.54, 1.807) is 12.3 Å². The van der Waals surface area contributed by atoms with Crippen molar-refractivity contribution in [2.75, 3.05) is 5.32 Å². The number of nitrogens with zero attached hydrogens (tertiary/aromatic N) is 1. The number of benzene rings is 2. The van der Waals surface area contributed by atoms with Crippen LogP contribution >= 0.6 is 11.6 Å². The van der Waals surface area contributed by atoms with Gasteiger partial charge >= 0.3 is 0 Å². The molecular formula is C28H32ClN3O2. The zero-order valence-electron chi connectivity index (χ0n) is 19.8. The molecule has 0 radical (unpaired) electrons. The number of halogens is 1. The first-order valence-electron chi connectivity index (χ1n) is 12.3. The maximum absolute atomic E-state index is 13.2. The number of phenols is 1. The van der Waals surface area contributed by atoms with Crippen LogP contribution in [0.3, 0.4) is 0 Å². The Morgan fingerprint density at radius 3 is 2.59 bits per heavy atom. The predicted octanol–water partition coefficient (Wildman–Crippen LogP) is 6.49. The van der Waals surface area contributed by atoms with E-state index >= 15 is 0 Å². The van der Waals surface area contributed by atoms with E-state index in [2.05, 4.69) is 23.3 Å². The molecule has 2 aromatic carbocycles. The lowest BCUT2D eigenvalue weighted by molar-refractivity contribution is 0.0968. The van der Waals surface area contributed by atoms with Gasteiger partial charge in [0.05, 0.1) is 21.8 Å². The molecule has 0 unspecified atom stereocenters. The van der Waals surface area contributed by atoms with Crippen LogP contribution in [-0.2, 0) is 6.42 Å². The molecule has 0 bridgehead atoms. The molecule has 2 aliphatic carbocycles. The first-order chi connectivity index (χ1) is 16.3. The Hall–Kier alpha value is -2.63. The minimum atomic E-state index is -0.118. The summed E-state index contributed by atoms with van der Waals surface area (Å²) in [5.41, 5.74) is 11.4. The fourth-order valence-electron chi connectivity index (χ4n) is 5.00. The van der Waals surface area contributed by atoms with E-state index in [1.165, 1.54) is 0 Å². The number of pyridine rings is 1. The van der Waals surface area contributed by atoms with E-state index in [0.717, 1.165) is 71.8 Å². The van der Waals surface area contributed by atoms with Gasteiger partial charge in [-0.05, 0) is 92.8 Å². The minimum Gasteiger partial charge on any atom is -0.506 e. The van der Waals surface area contributed by atoms with E-state index in [9.17, 15) is 9.90 Å². The summed E-state index contributed by atoms with van der Waals surface area (Å²) in [6, 6.07) is 10.1. The zero-order chi connectivity index (χ0) is 24.0. The Kier molecular flexibility index (Phi) is 6.03. The van der Waals surface area contributed by atoms with Gasteiger partial charge < -0.3 is 16.2 Å². The Morgan fingerprint density at radius 2 is 1.91 bits per heavy atom. The monoisotopic (exact) mass is 477 g/mol. The highest BCUT2D eigenvalue weighted by Crippen LogP contribution is 2.40. The van der Waals surface area contributed by atoms with E-state index in [4.69, 9.17) is 17.3 Å². The molecule has 5 nitrogen and oxygen atoms in total. The van der Waals surface area contributed by atoms with Crippen molar-refractivity contribution in [3.8, 4) is 16.9 Å². The molecular weight excluding hydrogens is 446 g/mol. The lowest BCUT2D eigenvalue weighted by Gasteiger charge is -2.35. The quantitative estimate of drug-likeness (QED) is 0.353. The molecule has 2 aliphatic rings.